The van der Waals surface area contributed by atoms with Gasteiger partial charge >= 0.3 is 5.97 Å². The number of nitrogens with two attached hydrogens (primary N) is 1. The fraction of sp³-hybridized carbons (Fsp3) is 0.500. The van der Waals surface area contributed by atoms with Gasteiger partial charge in [-0.2, -0.15) is 0 Å². The Balaban J connectivity index is 2.95. The quantitative estimate of drug-likeness (QED) is 0.733. The lowest BCUT2D eigenvalue weighted by Gasteiger charge is -2.18. The van der Waals surface area contributed by atoms with Crippen LogP contribution in [0.2, 0.25) is 0 Å². The Kier molecular flexibility index (Phi) is 5.18. The molecule has 0 aliphatic heterocycles. The van der Waals surface area contributed by atoms with Crippen LogP contribution in [0.15, 0.2) is 12.1 Å². The van der Waals surface area contributed by atoms with E-state index in [1.807, 2.05) is 19.1 Å². The zero-order valence-electron chi connectivity index (χ0n) is 11.9. The molecule has 4 N–H and O–H groups in total. The second kappa shape index (κ2) is 6.43. The molecule has 0 amide bonds. The maximum Gasteiger partial charge on any atom is 0.322 e. The molecule has 0 aliphatic rings. The van der Waals surface area contributed by atoms with Crippen LogP contribution in [0.3, 0.4) is 0 Å². The summed E-state index contributed by atoms with van der Waals surface area (Å²) in [5, 5.41) is 11.8. The van der Waals surface area contributed by atoms with E-state index in [0.29, 0.717) is 5.92 Å². The van der Waals surface area contributed by atoms with Crippen molar-refractivity contribution in [2.24, 2.45) is 5.73 Å². The van der Waals surface area contributed by atoms with Crippen molar-refractivity contribution in [3.8, 4) is 5.75 Å². The number of carboxylic acid groups (broad SMARTS) is 1. The van der Waals surface area contributed by atoms with E-state index >= 15 is 0 Å². The van der Waals surface area contributed by atoms with Crippen molar-refractivity contribution in [1.29, 1.82) is 0 Å². The minimum absolute atomic E-state index is 0.194. The Morgan fingerprint density at radius 3 is 2.58 bits per heavy atom. The van der Waals surface area contributed by atoms with Gasteiger partial charge in [0.25, 0.3) is 0 Å². The molecule has 0 heterocycles. The summed E-state index contributed by atoms with van der Waals surface area (Å²) >= 11 is 0. The molecular weight excluding hydrogens is 244 g/mol. The van der Waals surface area contributed by atoms with Gasteiger partial charge in [0.2, 0.25) is 0 Å². The van der Waals surface area contributed by atoms with E-state index in [2.05, 4.69) is 19.2 Å². The molecule has 1 rings (SSSR count). The van der Waals surface area contributed by atoms with E-state index in [9.17, 15) is 4.79 Å². The minimum Gasteiger partial charge on any atom is -0.496 e. The first-order valence-electron chi connectivity index (χ1n) is 6.27. The average molecular weight is 266 g/mol. The van der Waals surface area contributed by atoms with Crippen LogP contribution in [0.1, 0.15) is 30.9 Å². The van der Waals surface area contributed by atoms with Gasteiger partial charge in [-0.3, -0.25) is 4.79 Å². The molecule has 1 aromatic carbocycles. The van der Waals surface area contributed by atoms with Gasteiger partial charge < -0.3 is 20.9 Å². The number of hydrogen-bond donors (Lipinski definition) is 3. The van der Waals surface area contributed by atoms with E-state index in [4.69, 9.17) is 15.6 Å². The van der Waals surface area contributed by atoms with E-state index in [1.54, 1.807) is 7.11 Å². The summed E-state index contributed by atoms with van der Waals surface area (Å²) in [6, 6.07) is 3.03. The largest absolute Gasteiger partial charge is 0.496 e. The van der Waals surface area contributed by atoms with E-state index in [1.165, 1.54) is 0 Å². The molecule has 0 bridgehead atoms. The lowest BCUT2D eigenvalue weighted by atomic mass is 9.99. The molecule has 0 saturated carbocycles. The van der Waals surface area contributed by atoms with Crippen LogP contribution in [0.4, 0.5) is 5.69 Å². The lowest BCUT2D eigenvalue weighted by Crippen LogP contribution is -2.37. The molecule has 19 heavy (non-hydrogen) atoms. The number of aryl methyl sites for hydroxylation is 1. The van der Waals surface area contributed by atoms with Crippen LogP contribution < -0.4 is 15.8 Å². The van der Waals surface area contributed by atoms with Crippen LogP contribution in [-0.4, -0.2) is 30.8 Å². The van der Waals surface area contributed by atoms with Crippen LogP contribution >= 0.6 is 0 Å². The highest BCUT2D eigenvalue weighted by atomic mass is 16.5. The summed E-state index contributed by atoms with van der Waals surface area (Å²) in [7, 11) is 1.65. The normalized spacial score (nSPS) is 12.3. The van der Waals surface area contributed by atoms with Crippen molar-refractivity contribution in [2.45, 2.75) is 32.7 Å². The number of benzene rings is 1. The number of rotatable bonds is 6. The zero-order chi connectivity index (χ0) is 14.6. The molecule has 5 nitrogen and oxygen atoms in total. The third kappa shape index (κ3) is 3.86. The van der Waals surface area contributed by atoms with Crippen molar-refractivity contribution in [2.75, 3.05) is 19.0 Å². The monoisotopic (exact) mass is 266 g/mol. The van der Waals surface area contributed by atoms with Crippen LogP contribution in [0, 0.1) is 6.92 Å². The van der Waals surface area contributed by atoms with Crippen molar-refractivity contribution in [3.63, 3.8) is 0 Å². The Hall–Kier alpha value is -1.75. The van der Waals surface area contributed by atoms with Gasteiger partial charge in [-0.25, -0.2) is 0 Å². The van der Waals surface area contributed by atoms with Gasteiger partial charge in [0.1, 0.15) is 11.8 Å². The van der Waals surface area contributed by atoms with Gasteiger partial charge in [-0.1, -0.05) is 13.8 Å². The highest BCUT2D eigenvalue weighted by molar-refractivity contribution is 5.74. The molecule has 0 fully saturated rings. The predicted molar refractivity (Wildman–Crippen MR) is 75.9 cm³/mol. The first-order chi connectivity index (χ1) is 8.86. The lowest BCUT2D eigenvalue weighted by molar-refractivity contribution is -0.138. The second-order valence-electron chi connectivity index (χ2n) is 4.89. The van der Waals surface area contributed by atoms with E-state index < -0.39 is 12.0 Å². The number of hydrogen-bond acceptors (Lipinski definition) is 4. The fourth-order valence-corrected chi connectivity index (χ4v) is 1.82. The summed E-state index contributed by atoms with van der Waals surface area (Å²) in [5.41, 5.74) is 8.45. The van der Waals surface area contributed by atoms with Crippen molar-refractivity contribution in [3.05, 3.63) is 23.3 Å². The topological polar surface area (TPSA) is 84.6 Å². The Morgan fingerprint density at radius 2 is 2.11 bits per heavy atom. The van der Waals surface area contributed by atoms with Gasteiger partial charge in [-0.05, 0) is 36.1 Å². The molecule has 0 saturated heterocycles. The molecule has 1 unspecified atom stereocenters. The van der Waals surface area contributed by atoms with E-state index in [-0.39, 0.29) is 6.54 Å². The third-order valence-corrected chi connectivity index (χ3v) is 3.03. The maximum absolute atomic E-state index is 10.7. The van der Waals surface area contributed by atoms with Gasteiger partial charge in [0.15, 0.2) is 0 Å². The van der Waals surface area contributed by atoms with Gasteiger partial charge in [-0.15, -0.1) is 0 Å². The molecule has 5 heteroatoms. The van der Waals surface area contributed by atoms with Crippen molar-refractivity contribution >= 4 is 11.7 Å². The number of methoxy groups -OCH3 is 1. The summed E-state index contributed by atoms with van der Waals surface area (Å²) < 4.78 is 5.36. The average Bonchev–Trinajstić information content (AvgIpc) is 2.35. The van der Waals surface area contributed by atoms with Gasteiger partial charge in [0.05, 0.1) is 7.11 Å². The van der Waals surface area contributed by atoms with Gasteiger partial charge in [0, 0.05) is 12.2 Å². The molecule has 1 aromatic rings. The Morgan fingerprint density at radius 1 is 1.47 bits per heavy atom. The number of carboxylic acids is 1. The fourth-order valence-electron chi connectivity index (χ4n) is 1.82. The second-order valence-corrected chi connectivity index (χ2v) is 4.89. The standard InChI is InChI=1S/C14H22N2O3/c1-8(2)10-6-12(9(3)5-13(10)19-4)16-7-11(15)14(17)18/h5-6,8,11,16H,7,15H2,1-4H3,(H,17,18). The Labute approximate surface area is 113 Å². The summed E-state index contributed by atoms with van der Waals surface area (Å²) in [6.45, 7) is 6.31. The third-order valence-electron chi connectivity index (χ3n) is 3.03. The van der Waals surface area contributed by atoms with Crippen LogP contribution in [-0.2, 0) is 4.79 Å². The zero-order valence-corrected chi connectivity index (χ0v) is 11.9. The molecule has 0 aliphatic carbocycles. The Bertz CT molecular complexity index is 458. The predicted octanol–water partition coefficient (Wildman–Crippen LogP) is 1.95. The minimum atomic E-state index is -1.01. The number of anilines is 1. The molecule has 0 aromatic heterocycles. The first-order valence-corrected chi connectivity index (χ1v) is 6.27. The van der Waals surface area contributed by atoms with Crippen molar-refractivity contribution in [1.82, 2.24) is 0 Å². The molecule has 1 atom stereocenters. The number of ether oxygens (including phenoxy) is 1. The molecular formula is C14H22N2O3. The molecule has 0 radical (unpaired) electrons. The van der Waals surface area contributed by atoms with E-state index in [0.717, 1.165) is 22.6 Å². The number of aliphatic carboxylic acids is 1. The number of carbonyl (C=O) groups is 1. The number of nitrogens with one attached hydrogen (secondary N) is 1. The highest BCUT2D eigenvalue weighted by Gasteiger charge is 2.14. The molecule has 106 valence electrons. The maximum atomic E-state index is 10.7. The summed E-state index contributed by atoms with van der Waals surface area (Å²) in [5.74, 6) is 0.160. The summed E-state index contributed by atoms with van der Waals surface area (Å²) in [4.78, 5) is 10.7. The van der Waals surface area contributed by atoms with Crippen LogP contribution in [0.5, 0.6) is 5.75 Å². The molecule has 0 spiro atoms. The van der Waals surface area contributed by atoms with Crippen molar-refractivity contribution < 1.29 is 14.6 Å². The smallest absolute Gasteiger partial charge is 0.322 e. The van der Waals surface area contributed by atoms with Crippen LogP contribution in [0.25, 0.3) is 0 Å². The summed E-state index contributed by atoms with van der Waals surface area (Å²) in [6.07, 6.45) is 0. The first kappa shape index (κ1) is 15.3. The highest BCUT2D eigenvalue weighted by Crippen LogP contribution is 2.31. The SMILES string of the molecule is COc1cc(C)c(NCC(N)C(=O)O)cc1C(C)C.